The number of amides is 1. The fraction of sp³-hybridized carbons (Fsp3) is 0.909. The molecule has 2 N–H and O–H groups in total. The molecule has 2 bridgehead atoms. The van der Waals surface area contributed by atoms with Crippen molar-refractivity contribution < 1.29 is 14.3 Å². The third-order valence-electron chi connectivity index (χ3n) is 3.26. The number of hydrogen-bond acceptors (Lipinski definition) is 4. The van der Waals surface area contributed by atoms with E-state index in [1.807, 2.05) is 0 Å². The highest BCUT2D eigenvalue weighted by atomic mass is 16.5. The van der Waals surface area contributed by atoms with Crippen LogP contribution in [0.1, 0.15) is 19.3 Å². The molecular formula is C11H20N2O3. The largest absolute Gasteiger partial charge is 0.383 e. The topological polar surface area (TPSA) is 59.6 Å². The van der Waals surface area contributed by atoms with Gasteiger partial charge in [0.05, 0.1) is 25.4 Å². The monoisotopic (exact) mass is 228 g/mol. The zero-order valence-electron chi connectivity index (χ0n) is 9.70. The zero-order valence-corrected chi connectivity index (χ0v) is 9.70. The zero-order chi connectivity index (χ0) is 11.4. The van der Waals surface area contributed by atoms with E-state index in [0.717, 1.165) is 12.8 Å². The molecule has 5 heteroatoms. The summed E-state index contributed by atoms with van der Waals surface area (Å²) in [6.07, 6.45) is 4.13. The summed E-state index contributed by atoms with van der Waals surface area (Å²) in [6, 6.07) is 0.368. The first-order chi connectivity index (χ1) is 7.79. The quantitative estimate of drug-likeness (QED) is 0.611. The molecule has 2 aliphatic heterocycles. The lowest BCUT2D eigenvalue weighted by Crippen LogP contribution is -2.44. The van der Waals surface area contributed by atoms with Crippen molar-refractivity contribution in [2.24, 2.45) is 0 Å². The Hall–Kier alpha value is -0.650. The SMILES string of the molecule is COCCNC(=O)CNC1CC2CCC1O2. The van der Waals surface area contributed by atoms with E-state index in [2.05, 4.69) is 10.6 Å². The first-order valence-electron chi connectivity index (χ1n) is 5.94. The van der Waals surface area contributed by atoms with Crippen molar-refractivity contribution in [2.75, 3.05) is 26.8 Å². The van der Waals surface area contributed by atoms with Crippen molar-refractivity contribution in [1.29, 1.82) is 0 Å². The van der Waals surface area contributed by atoms with E-state index in [0.29, 0.717) is 37.9 Å². The van der Waals surface area contributed by atoms with Gasteiger partial charge >= 0.3 is 0 Å². The fourth-order valence-corrected chi connectivity index (χ4v) is 2.43. The van der Waals surface area contributed by atoms with Gasteiger partial charge in [0.1, 0.15) is 0 Å². The summed E-state index contributed by atoms with van der Waals surface area (Å²) in [7, 11) is 1.62. The van der Waals surface area contributed by atoms with Crippen LogP contribution in [0.25, 0.3) is 0 Å². The molecule has 0 aliphatic carbocycles. The molecule has 0 radical (unpaired) electrons. The van der Waals surface area contributed by atoms with Crippen LogP contribution in [-0.4, -0.2) is 51.0 Å². The molecule has 1 amide bonds. The van der Waals surface area contributed by atoms with Gasteiger partial charge in [0.15, 0.2) is 0 Å². The number of hydrogen-bond donors (Lipinski definition) is 2. The summed E-state index contributed by atoms with van der Waals surface area (Å²) in [5, 5.41) is 6.05. The fourth-order valence-electron chi connectivity index (χ4n) is 2.43. The summed E-state index contributed by atoms with van der Waals surface area (Å²) in [6.45, 7) is 1.51. The molecule has 2 rings (SSSR count). The Morgan fingerprint density at radius 3 is 3.00 bits per heavy atom. The van der Waals surface area contributed by atoms with Gasteiger partial charge < -0.3 is 20.1 Å². The minimum Gasteiger partial charge on any atom is -0.383 e. The van der Waals surface area contributed by atoms with E-state index in [9.17, 15) is 4.79 Å². The van der Waals surface area contributed by atoms with Crippen LogP contribution in [0.4, 0.5) is 0 Å². The first kappa shape index (κ1) is 11.8. The van der Waals surface area contributed by atoms with Crippen LogP contribution in [0.2, 0.25) is 0 Å². The number of methoxy groups -OCH3 is 1. The van der Waals surface area contributed by atoms with Gasteiger partial charge in [-0.3, -0.25) is 4.79 Å². The Morgan fingerprint density at radius 1 is 1.50 bits per heavy atom. The second-order valence-corrected chi connectivity index (χ2v) is 4.44. The lowest BCUT2D eigenvalue weighted by atomic mass is 9.95. The minimum atomic E-state index is 0.0276. The molecule has 2 aliphatic rings. The Morgan fingerprint density at radius 2 is 2.38 bits per heavy atom. The van der Waals surface area contributed by atoms with Gasteiger partial charge in [-0.25, -0.2) is 0 Å². The highest BCUT2D eigenvalue weighted by Gasteiger charge is 2.40. The average Bonchev–Trinajstić information content (AvgIpc) is 2.88. The van der Waals surface area contributed by atoms with Gasteiger partial charge in [0, 0.05) is 19.7 Å². The first-order valence-corrected chi connectivity index (χ1v) is 5.94. The molecule has 0 spiro atoms. The molecule has 2 fully saturated rings. The van der Waals surface area contributed by atoms with E-state index in [4.69, 9.17) is 9.47 Å². The number of nitrogens with one attached hydrogen (secondary N) is 2. The average molecular weight is 228 g/mol. The van der Waals surface area contributed by atoms with Crippen molar-refractivity contribution in [3.63, 3.8) is 0 Å². The van der Waals surface area contributed by atoms with E-state index >= 15 is 0 Å². The maximum atomic E-state index is 11.4. The van der Waals surface area contributed by atoms with Crippen LogP contribution in [0.15, 0.2) is 0 Å². The van der Waals surface area contributed by atoms with E-state index in [1.165, 1.54) is 6.42 Å². The second kappa shape index (κ2) is 5.61. The van der Waals surface area contributed by atoms with E-state index < -0.39 is 0 Å². The molecule has 92 valence electrons. The van der Waals surface area contributed by atoms with Gasteiger partial charge in [-0.1, -0.05) is 0 Å². The Bertz CT molecular complexity index is 247. The molecular weight excluding hydrogens is 208 g/mol. The predicted molar refractivity (Wildman–Crippen MR) is 59.2 cm³/mol. The van der Waals surface area contributed by atoms with Crippen molar-refractivity contribution in [3.05, 3.63) is 0 Å². The smallest absolute Gasteiger partial charge is 0.234 e. The van der Waals surface area contributed by atoms with Crippen LogP contribution in [0.3, 0.4) is 0 Å². The molecule has 2 saturated heterocycles. The van der Waals surface area contributed by atoms with Crippen LogP contribution < -0.4 is 10.6 Å². The Balaban J connectivity index is 1.59. The van der Waals surface area contributed by atoms with Crippen molar-refractivity contribution in [2.45, 2.75) is 37.5 Å². The van der Waals surface area contributed by atoms with Crippen molar-refractivity contribution >= 4 is 5.91 Å². The predicted octanol–water partition coefficient (Wildman–Crippen LogP) is -0.341. The number of ether oxygens (including phenoxy) is 2. The van der Waals surface area contributed by atoms with Gasteiger partial charge in [-0.05, 0) is 19.3 Å². The highest BCUT2D eigenvalue weighted by Crippen LogP contribution is 2.34. The van der Waals surface area contributed by atoms with E-state index in [1.54, 1.807) is 7.11 Å². The molecule has 0 aromatic carbocycles. The van der Waals surface area contributed by atoms with Crippen LogP contribution in [-0.2, 0) is 14.3 Å². The van der Waals surface area contributed by atoms with Gasteiger partial charge in [-0.15, -0.1) is 0 Å². The summed E-state index contributed by atoms with van der Waals surface area (Å²) in [5.41, 5.74) is 0. The third-order valence-corrected chi connectivity index (χ3v) is 3.26. The molecule has 5 nitrogen and oxygen atoms in total. The second-order valence-electron chi connectivity index (χ2n) is 4.44. The van der Waals surface area contributed by atoms with Crippen LogP contribution >= 0.6 is 0 Å². The lowest BCUT2D eigenvalue weighted by molar-refractivity contribution is -0.120. The molecule has 0 saturated carbocycles. The lowest BCUT2D eigenvalue weighted by Gasteiger charge is -2.19. The van der Waals surface area contributed by atoms with Crippen molar-refractivity contribution in [1.82, 2.24) is 10.6 Å². The maximum Gasteiger partial charge on any atom is 0.234 e. The normalized spacial score (nSPS) is 31.9. The van der Waals surface area contributed by atoms with E-state index in [-0.39, 0.29) is 5.91 Å². The van der Waals surface area contributed by atoms with Gasteiger partial charge in [0.25, 0.3) is 0 Å². The summed E-state index contributed by atoms with van der Waals surface area (Å²) in [4.78, 5) is 11.4. The summed E-state index contributed by atoms with van der Waals surface area (Å²) in [5.74, 6) is 0.0276. The number of carbonyl (C=O) groups is 1. The molecule has 2 heterocycles. The Labute approximate surface area is 95.9 Å². The number of rotatable bonds is 6. The third kappa shape index (κ3) is 2.93. The standard InChI is InChI=1S/C11H20N2O3/c1-15-5-4-12-11(14)7-13-9-6-8-2-3-10(9)16-8/h8-10,13H,2-7H2,1H3,(H,12,14). The molecule has 0 aromatic rings. The summed E-state index contributed by atoms with van der Waals surface area (Å²) >= 11 is 0. The minimum absolute atomic E-state index is 0.0276. The van der Waals surface area contributed by atoms with Crippen molar-refractivity contribution in [3.8, 4) is 0 Å². The molecule has 3 atom stereocenters. The Kier molecular flexibility index (Phi) is 4.15. The molecule has 16 heavy (non-hydrogen) atoms. The van der Waals surface area contributed by atoms with Crippen LogP contribution in [0, 0.1) is 0 Å². The number of fused-ring (bicyclic) bond motifs is 2. The van der Waals surface area contributed by atoms with Gasteiger partial charge in [-0.2, -0.15) is 0 Å². The number of carbonyl (C=O) groups excluding carboxylic acids is 1. The van der Waals surface area contributed by atoms with Crippen LogP contribution in [0.5, 0.6) is 0 Å². The van der Waals surface area contributed by atoms with Gasteiger partial charge in [0.2, 0.25) is 5.91 Å². The highest BCUT2D eigenvalue weighted by molar-refractivity contribution is 5.78. The maximum absolute atomic E-state index is 11.4. The summed E-state index contributed by atoms with van der Waals surface area (Å²) < 4.78 is 10.6. The molecule has 3 unspecified atom stereocenters. The molecule has 0 aromatic heterocycles.